The van der Waals surface area contributed by atoms with Crippen molar-refractivity contribution in [1.82, 2.24) is 4.72 Å². The molecule has 0 heterocycles. The second-order valence-electron chi connectivity index (χ2n) is 4.52. The van der Waals surface area contributed by atoms with Gasteiger partial charge in [0.25, 0.3) is 0 Å². The van der Waals surface area contributed by atoms with Crippen LogP contribution >= 0.6 is 0 Å². The Bertz CT molecular complexity index is 472. The van der Waals surface area contributed by atoms with Crippen molar-refractivity contribution in [3.63, 3.8) is 0 Å². The number of nitrogens with two attached hydrogens (primary N) is 1. The van der Waals surface area contributed by atoms with Crippen molar-refractivity contribution in [1.29, 1.82) is 0 Å². The maximum Gasteiger partial charge on any atom is 0.240 e. The van der Waals surface area contributed by atoms with Crippen LogP contribution in [0.1, 0.15) is 38.7 Å². The smallest absolute Gasteiger partial charge is 0.240 e. The minimum Gasteiger partial charge on any atom is -0.326 e. The van der Waals surface area contributed by atoms with Crippen molar-refractivity contribution >= 4 is 10.0 Å². The Kier molecular flexibility index (Phi) is 5.78. The van der Waals surface area contributed by atoms with E-state index < -0.39 is 10.0 Å². The van der Waals surface area contributed by atoms with E-state index >= 15 is 0 Å². The molecule has 1 aromatic carbocycles. The number of rotatable bonds is 7. The summed E-state index contributed by atoms with van der Waals surface area (Å²) in [7, 11) is -3.43. The molecule has 0 fully saturated rings. The fraction of sp³-hybridized carbons (Fsp3) is 0.538. The first-order chi connectivity index (χ1) is 8.49. The van der Waals surface area contributed by atoms with Gasteiger partial charge in [-0.15, -0.1) is 0 Å². The van der Waals surface area contributed by atoms with Crippen LogP contribution in [0, 0.1) is 0 Å². The Labute approximate surface area is 110 Å². The van der Waals surface area contributed by atoms with E-state index in [9.17, 15) is 8.42 Å². The lowest BCUT2D eigenvalue weighted by atomic mass is 10.2. The molecular formula is C13H22N2O2S. The van der Waals surface area contributed by atoms with E-state index in [1.54, 1.807) is 18.2 Å². The average Bonchev–Trinajstić information content (AvgIpc) is 2.36. The molecule has 1 unspecified atom stereocenters. The van der Waals surface area contributed by atoms with Crippen molar-refractivity contribution in [2.45, 2.75) is 50.6 Å². The predicted molar refractivity (Wildman–Crippen MR) is 73.6 cm³/mol. The maximum atomic E-state index is 12.1. The summed E-state index contributed by atoms with van der Waals surface area (Å²) in [6.45, 7) is 4.32. The third kappa shape index (κ3) is 4.40. The molecule has 0 aliphatic carbocycles. The van der Waals surface area contributed by atoms with E-state index in [1.165, 1.54) is 0 Å². The Morgan fingerprint density at radius 2 is 2.11 bits per heavy atom. The van der Waals surface area contributed by atoms with E-state index in [2.05, 4.69) is 11.6 Å². The first kappa shape index (κ1) is 15.1. The number of hydrogen-bond acceptors (Lipinski definition) is 3. The van der Waals surface area contributed by atoms with Crippen LogP contribution in [0.3, 0.4) is 0 Å². The summed E-state index contributed by atoms with van der Waals surface area (Å²) in [6.07, 6.45) is 2.94. The highest BCUT2D eigenvalue weighted by Gasteiger charge is 2.17. The van der Waals surface area contributed by atoms with E-state index in [-0.39, 0.29) is 10.9 Å². The van der Waals surface area contributed by atoms with E-state index in [0.717, 1.165) is 24.8 Å². The Morgan fingerprint density at radius 3 is 2.72 bits per heavy atom. The van der Waals surface area contributed by atoms with Gasteiger partial charge in [-0.3, -0.25) is 0 Å². The lowest BCUT2D eigenvalue weighted by Gasteiger charge is -2.14. The highest BCUT2D eigenvalue weighted by atomic mass is 32.2. The van der Waals surface area contributed by atoms with Crippen molar-refractivity contribution in [2.24, 2.45) is 5.73 Å². The molecule has 1 aromatic rings. The topological polar surface area (TPSA) is 72.2 Å². The lowest BCUT2D eigenvalue weighted by Crippen LogP contribution is -2.32. The summed E-state index contributed by atoms with van der Waals surface area (Å²) < 4.78 is 26.9. The summed E-state index contributed by atoms with van der Waals surface area (Å²) >= 11 is 0. The Balaban J connectivity index is 2.79. The van der Waals surface area contributed by atoms with Crippen LogP contribution in [-0.4, -0.2) is 14.5 Å². The third-order valence-corrected chi connectivity index (χ3v) is 4.38. The second-order valence-corrected chi connectivity index (χ2v) is 6.23. The normalized spacial score (nSPS) is 13.5. The van der Waals surface area contributed by atoms with E-state index in [0.29, 0.717) is 6.54 Å². The van der Waals surface area contributed by atoms with Gasteiger partial charge in [0.1, 0.15) is 0 Å². The van der Waals surface area contributed by atoms with Crippen molar-refractivity contribution < 1.29 is 8.42 Å². The standard InChI is InChI=1S/C13H22N2O2S/c1-3-4-6-11(2)15-18(16,17)13-8-5-7-12(9-13)10-14/h5,7-9,11,15H,3-4,6,10,14H2,1-2H3. The second kappa shape index (κ2) is 6.87. The number of unbranched alkanes of at least 4 members (excludes halogenated alkanes) is 1. The van der Waals surface area contributed by atoms with Gasteiger partial charge in [-0.1, -0.05) is 31.9 Å². The van der Waals surface area contributed by atoms with Crippen LogP contribution in [0.5, 0.6) is 0 Å². The molecule has 0 spiro atoms. The molecule has 0 aliphatic heterocycles. The zero-order valence-corrected chi connectivity index (χ0v) is 11.8. The molecular weight excluding hydrogens is 248 g/mol. The van der Waals surface area contributed by atoms with Crippen LogP contribution in [0.25, 0.3) is 0 Å². The first-order valence-electron chi connectivity index (χ1n) is 6.31. The number of sulfonamides is 1. The first-order valence-corrected chi connectivity index (χ1v) is 7.79. The fourth-order valence-corrected chi connectivity index (χ4v) is 3.09. The summed E-state index contributed by atoms with van der Waals surface area (Å²) in [4.78, 5) is 0.286. The van der Waals surface area contributed by atoms with Gasteiger partial charge in [0.15, 0.2) is 0 Å². The summed E-state index contributed by atoms with van der Waals surface area (Å²) in [6, 6.07) is 6.70. The molecule has 102 valence electrons. The zero-order chi connectivity index (χ0) is 13.6. The molecule has 1 atom stereocenters. The molecule has 0 bridgehead atoms. The van der Waals surface area contributed by atoms with E-state index in [1.807, 2.05) is 13.0 Å². The molecule has 0 saturated carbocycles. The van der Waals surface area contributed by atoms with Crippen molar-refractivity contribution in [2.75, 3.05) is 0 Å². The van der Waals surface area contributed by atoms with Gasteiger partial charge in [0.2, 0.25) is 10.0 Å². The third-order valence-electron chi connectivity index (χ3n) is 2.79. The number of benzene rings is 1. The van der Waals surface area contributed by atoms with Crippen LogP contribution in [0.2, 0.25) is 0 Å². The Morgan fingerprint density at radius 1 is 1.39 bits per heavy atom. The predicted octanol–water partition coefficient (Wildman–Crippen LogP) is 2.00. The van der Waals surface area contributed by atoms with Crippen LogP contribution in [0.15, 0.2) is 29.2 Å². The molecule has 18 heavy (non-hydrogen) atoms. The van der Waals surface area contributed by atoms with Crippen LogP contribution < -0.4 is 10.5 Å². The molecule has 1 rings (SSSR count). The molecule has 0 aromatic heterocycles. The molecule has 0 aliphatic rings. The summed E-state index contributed by atoms with van der Waals surface area (Å²) in [5.74, 6) is 0. The SMILES string of the molecule is CCCCC(C)NS(=O)(=O)c1cccc(CN)c1. The van der Waals surface area contributed by atoms with Gasteiger partial charge in [-0.05, 0) is 31.0 Å². The maximum absolute atomic E-state index is 12.1. The number of hydrogen-bond donors (Lipinski definition) is 2. The van der Waals surface area contributed by atoms with Crippen molar-refractivity contribution in [3.05, 3.63) is 29.8 Å². The molecule has 0 radical (unpaired) electrons. The number of nitrogens with one attached hydrogen (secondary N) is 1. The van der Waals surface area contributed by atoms with Gasteiger partial charge in [0, 0.05) is 12.6 Å². The monoisotopic (exact) mass is 270 g/mol. The summed E-state index contributed by atoms with van der Waals surface area (Å²) in [5.41, 5.74) is 6.33. The quantitative estimate of drug-likeness (QED) is 0.796. The van der Waals surface area contributed by atoms with Gasteiger partial charge in [0.05, 0.1) is 4.90 Å². The van der Waals surface area contributed by atoms with Gasteiger partial charge < -0.3 is 5.73 Å². The largest absolute Gasteiger partial charge is 0.326 e. The zero-order valence-electron chi connectivity index (χ0n) is 11.0. The highest BCUT2D eigenvalue weighted by Crippen LogP contribution is 2.12. The van der Waals surface area contributed by atoms with Gasteiger partial charge in [-0.2, -0.15) is 0 Å². The van der Waals surface area contributed by atoms with Crippen LogP contribution in [-0.2, 0) is 16.6 Å². The minimum atomic E-state index is -3.43. The molecule has 4 nitrogen and oxygen atoms in total. The highest BCUT2D eigenvalue weighted by molar-refractivity contribution is 7.89. The molecule has 5 heteroatoms. The average molecular weight is 270 g/mol. The van der Waals surface area contributed by atoms with E-state index in [4.69, 9.17) is 5.73 Å². The van der Waals surface area contributed by atoms with Crippen LogP contribution in [0.4, 0.5) is 0 Å². The lowest BCUT2D eigenvalue weighted by molar-refractivity contribution is 0.534. The summed E-state index contributed by atoms with van der Waals surface area (Å²) in [5, 5.41) is 0. The molecule has 0 amide bonds. The van der Waals surface area contributed by atoms with Gasteiger partial charge in [-0.25, -0.2) is 13.1 Å². The fourth-order valence-electron chi connectivity index (χ4n) is 1.74. The minimum absolute atomic E-state index is 0.0449. The Hall–Kier alpha value is -0.910. The van der Waals surface area contributed by atoms with Gasteiger partial charge >= 0.3 is 0 Å². The van der Waals surface area contributed by atoms with Crippen molar-refractivity contribution in [3.8, 4) is 0 Å². The molecule has 3 N–H and O–H groups in total. The molecule has 0 saturated heterocycles.